The van der Waals surface area contributed by atoms with Gasteiger partial charge < -0.3 is 15.1 Å². The standard InChI is InChI=1S/C21H22N2O3/c24-20(15-5-2-1-3-6-15)23-19(13-17-7-4-10-26-17)21(25)22-18-12-14-8-9-16(18)11-14/h1-7,10,13-14,16,18H,8-9,11-12H2,(H,22,25)(H,23,24)/b19-13-/t14-,16+,18+/m0/s1. The Labute approximate surface area is 152 Å². The Bertz CT molecular complexity index is 811. The fourth-order valence-electron chi connectivity index (χ4n) is 4.13. The topological polar surface area (TPSA) is 71.3 Å². The van der Waals surface area contributed by atoms with Gasteiger partial charge in [-0.2, -0.15) is 0 Å². The van der Waals surface area contributed by atoms with Gasteiger partial charge in [0.15, 0.2) is 0 Å². The Morgan fingerprint density at radius 2 is 1.88 bits per heavy atom. The number of carbonyl (C=O) groups excluding carboxylic acids is 2. The second-order valence-corrected chi connectivity index (χ2v) is 7.15. The van der Waals surface area contributed by atoms with E-state index in [1.54, 1.807) is 42.5 Å². The highest BCUT2D eigenvalue weighted by Crippen LogP contribution is 2.44. The van der Waals surface area contributed by atoms with Gasteiger partial charge in [-0.25, -0.2) is 0 Å². The first-order valence-corrected chi connectivity index (χ1v) is 9.11. The first kappa shape index (κ1) is 16.6. The van der Waals surface area contributed by atoms with Crippen molar-refractivity contribution in [2.45, 2.75) is 31.7 Å². The fraction of sp³-hybridized carbons (Fsp3) is 0.333. The Morgan fingerprint density at radius 3 is 2.54 bits per heavy atom. The number of benzene rings is 1. The van der Waals surface area contributed by atoms with E-state index in [-0.39, 0.29) is 23.6 Å². The molecule has 5 heteroatoms. The predicted octanol–water partition coefficient (Wildman–Crippen LogP) is 3.36. The van der Waals surface area contributed by atoms with Gasteiger partial charge in [-0.15, -0.1) is 0 Å². The van der Waals surface area contributed by atoms with Crippen LogP contribution in [0.4, 0.5) is 0 Å². The van der Waals surface area contributed by atoms with Crippen molar-refractivity contribution in [1.29, 1.82) is 0 Å². The molecule has 5 nitrogen and oxygen atoms in total. The van der Waals surface area contributed by atoms with Gasteiger partial charge in [-0.3, -0.25) is 9.59 Å². The van der Waals surface area contributed by atoms with Crippen LogP contribution in [-0.4, -0.2) is 17.9 Å². The number of carbonyl (C=O) groups is 2. The second kappa shape index (κ2) is 7.20. The molecule has 2 amide bonds. The van der Waals surface area contributed by atoms with Gasteiger partial charge >= 0.3 is 0 Å². The van der Waals surface area contributed by atoms with Crippen molar-refractivity contribution in [3.63, 3.8) is 0 Å². The third kappa shape index (κ3) is 3.57. The number of hydrogen-bond acceptors (Lipinski definition) is 3. The molecule has 0 unspecified atom stereocenters. The van der Waals surface area contributed by atoms with Gasteiger partial charge in [0.25, 0.3) is 11.8 Å². The smallest absolute Gasteiger partial charge is 0.268 e. The fourth-order valence-corrected chi connectivity index (χ4v) is 4.13. The van der Waals surface area contributed by atoms with E-state index in [4.69, 9.17) is 4.42 Å². The van der Waals surface area contributed by atoms with E-state index < -0.39 is 0 Å². The minimum absolute atomic E-state index is 0.204. The molecule has 2 N–H and O–H groups in total. The van der Waals surface area contributed by atoms with Crippen LogP contribution in [-0.2, 0) is 4.79 Å². The molecule has 2 aliphatic rings. The quantitative estimate of drug-likeness (QED) is 0.812. The maximum Gasteiger partial charge on any atom is 0.268 e. The number of nitrogens with one attached hydrogen (secondary N) is 2. The molecule has 0 saturated heterocycles. The van der Waals surface area contributed by atoms with Crippen LogP contribution in [0.25, 0.3) is 6.08 Å². The summed E-state index contributed by atoms with van der Waals surface area (Å²) in [5.74, 6) is 1.26. The molecule has 0 radical (unpaired) electrons. The summed E-state index contributed by atoms with van der Waals surface area (Å²) in [6.45, 7) is 0. The minimum atomic E-state index is -0.313. The molecule has 2 fully saturated rings. The first-order valence-electron chi connectivity index (χ1n) is 9.11. The van der Waals surface area contributed by atoms with Crippen molar-refractivity contribution in [1.82, 2.24) is 10.6 Å². The van der Waals surface area contributed by atoms with E-state index in [1.807, 2.05) is 6.07 Å². The van der Waals surface area contributed by atoms with Crippen molar-refractivity contribution in [2.75, 3.05) is 0 Å². The normalized spacial score (nSPS) is 24.5. The molecular weight excluding hydrogens is 328 g/mol. The van der Waals surface area contributed by atoms with E-state index in [0.29, 0.717) is 17.2 Å². The van der Waals surface area contributed by atoms with Crippen LogP contribution in [0.1, 0.15) is 41.8 Å². The summed E-state index contributed by atoms with van der Waals surface area (Å²) in [6.07, 6.45) is 7.81. The lowest BCUT2D eigenvalue weighted by Crippen LogP contribution is -2.42. The third-order valence-electron chi connectivity index (χ3n) is 5.41. The molecule has 1 heterocycles. The van der Waals surface area contributed by atoms with Gasteiger partial charge in [-0.1, -0.05) is 24.6 Å². The average Bonchev–Trinajstić information content (AvgIpc) is 3.40. The maximum absolute atomic E-state index is 12.8. The number of amides is 2. The molecule has 2 bridgehead atoms. The zero-order valence-electron chi connectivity index (χ0n) is 14.5. The summed E-state index contributed by atoms with van der Waals surface area (Å²) in [6, 6.07) is 12.6. The van der Waals surface area contributed by atoms with Crippen molar-refractivity contribution >= 4 is 17.9 Å². The molecule has 0 spiro atoms. The molecule has 2 saturated carbocycles. The first-order chi connectivity index (χ1) is 12.7. The number of fused-ring (bicyclic) bond motifs is 2. The zero-order valence-corrected chi connectivity index (χ0v) is 14.5. The lowest BCUT2D eigenvalue weighted by molar-refractivity contribution is -0.118. The van der Waals surface area contributed by atoms with Crippen LogP contribution in [0.5, 0.6) is 0 Å². The van der Waals surface area contributed by atoms with Gasteiger partial charge in [0, 0.05) is 17.7 Å². The lowest BCUT2D eigenvalue weighted by atomic mass is 9.95. The number of hydrogen-bond donors (Lipinski definition) is 2. The van der Waals surface area contributed by atoms with Gasteiger partial charge in [0.1, 0.15) is 11.5 Å². The molecule has 4 rings (SSSR count). The molecule has 0 aliphatic heterocycles. The highest BCUT2D eigenvalue weighted by atomic mass is 16.3. The van der Waals surface area contributed by atoms with Gasteiger partial charge in [-0.05, 0) is 55.4 Å². The molecule has 2 aliphatic carbocycles. The van der Waals surface area contributed by atoms with Crippen LogP contribution in [0.15, 0.2) is 58.8 Å². The van der Waals surface area contributed by atoms with Crippen molar-refractivity contribution in [3.8, 4) is 0 Å². The lowest BCUT2D eigenvalue weighted by Gasteiger charge is -2.23. The maximum atomic E-state index is 12.8. The molecule has 3 atom stereocenters. The summed E-state index contributed by atoms with van der Waals surface area (Å²) >= 11 is 0. The van der Waals surface area contributed by atoms with Crippen molar-refractivity contribution in [3.05, 3.63) is 65.7 Å². The van der Waals surface area contributed by atoms with Crippen molar-refractivity contribution < 1.29 is 14.0 Å². The van der Waals surface area contributed by atoms with Gasteiger partial charge in [0.05, 0.1) is 6.26 Å². The Morgan fingerprint density at radius 1 is 1.04 bits per heavy atom. The summed E-state index contributed by atoms with van der Waals surface area (Å²) < 4.78 is 5.31. The molecule has 1 aromatic carbocycles. The van der Waals surface area contributed by atoms with E-state index in [0.717, 1.165) is 12.3 Å². The van der Waals surface area contributed by atoms with Crippen LogP contribution in [0.2, 0.25) is 0 Å². The van der Waals surface area contributed by atoms with Crippen LogP contribution >= 0.6 is 0 Å². The summed E-state index contributed by atoms with van der Waals surface area (Å²) in [4.78, 5) is 25.3. The van der Waals surface area contributed by atoms with Crippen LogP contribution in [0.3, 0.4) is 0 Å². The SMILES string of the molecule is O=C(N[C@@H]1C[C@H]2CC[C@@H]1C2)/C(=C/c1ccco1)NC(=O)c1ccccc1. The monoisotopic (exact) mass is 350 g/mol. The van der Waals surface area contributed by atoms with E-state index in [2.05, 4.69) is 10.6 Å². The van der Waals surface area contributed by atoms with Crippen LogP contribution in [0, 0.1) is 11.8 Å². The zero-order chi connectivity index (χ0) is 17.9. The minimum Gasteiger partial charge on any atom is -0.465 e. The largest absolute Gasteiger partial charge is 0.465 e. The summed E-state index contributed by atoms with van der Waals surface area (Å²) in [5, 5.41) is 5.86. The summed E-state index contributed by atoms with van der Waals surface area (Å²) in [5.41, 5.74) is 0.710. The molecule has 134 valence electrons. The van der Waals surface area contributed by atoms with E-state index in [1.165, 1.54) is 25.5 Å². The Kier molecular flexibility index (Phi) is 4.61. The third-order valence-corrected chi connectivity index (χ3v) is 5.41. The van der Waals surface area contributed by atoms with Crippen molar-refractivity contribution in [2.24, 2.45) is 11.8 Å². The van der Waals surface area contributed by atoms with Crippen LogP contribution < -0.4 is 10.6 Å². The Balaban J connectivity index is 1.51. The van der Waals surface area contributed by atoms with Gasteiger partial charge in [0.2, 0.25) is 0 Å². The molecule has 26 heavy (non-hydrogen) atoms. The number of furan rings is 1. The van der Waals surface area contributed by atoms with E-state index in [9.17, 15) is 9.59 Å². The molecular formula is C21H22N2O3. The predicted molar refractivity (Wildman–Crippen MR) is 98.0 cm³/mol. The molecule has 1 aromatic heterocycles. The molecule has 2 aromatic rings. The summed E-state index contributed by atoms with van der Waals surface area (Å²) in [7, 11) is 0. The number of rotatable bonds is 5. The van der Waals surface area contributed by atoms with E-state index >= 15 is 0 Å². The second-order valence-electron chi connectivity index (χ2n) is 7.15. The highest BCUT2D eigenvalue weighted by molar-refractivity contribution is 6.05. The average molecular weight is 350 g/mol. The Hall–Kier alpha value is -2.82. The highest BCUT2D eigenvalue weighted by Gasteiger charge is 2.40.